The number of urea groups is 1. The summed E-state index contributed by atoms with van der Waals surface area (Å²) in [6, 6.07) is 7.50. The van der Waals surface area contributed by atoms with Crippen LogP contribution in [0.3, 0.4) is 0 Å². The van der Waals surface area contributed by atoms with Crippen LogP contribution in [0.1, 0.15) is 38.4 Å². The van der Waals surface area contributed by atoms with Gasteiger partial charge in [-0.25, -0.2) is 9.78 Å². The first kappa shape index (κ1) is 16.5. The minimum Gasteiger partial charge on any atom is -0.441 e. The molecule has 1 aliphatic rings. The lowest BCUT2D eigenvalue weighted by Crippen LogP contribution is -2.38. The van der Waals surface area contributed by atoms with E-state index in [1.165, 1.54) is 0 Å². The van der Waals surface area contributed by atoms with Crippen LogP contribution >= 0.6 is 0 Å². The molecule has 1 aromatic carbocycles. The van der Waals surface area contributed by atoms with Gasteiger partial charge in [-0.2, -0.15) is 0 Å². The van der Waals surface area contributed by atoms with Gasteiger partial charge in [-0.15, -0.1) is 0 Å². The Labute approximate surface area is 141 Å². The van der Waals surface area contributed by atoms with E-state index < -0.39 is 0 Å². The number of carbonyl (C=O) groups is 1. The first-order chi connectivity index (χ1) is 11.6. The smallest absolute Gasteiger partial charge is 0.322 e. The van der Waals surface area contributed by atoms with Crippen LogP contribution in [0.2, 0.25) is 0 Å². The highest BCUT2D eigenvalue weighted by atomic mass is 16.4. The standard InChI is InChI=1S/C18H23N3O3/c1-12(2)16-11-19-17(24-16)13-3-5-14(6-4-13)20-18(23)21(9-10-22)15-7-8-15/h3-6,11-12,15,22H,7-10H2,1-2H3,(H,20,23). The molecule has 0 saturated heterocycles. The van der Waals surface area contributed by atoms with Crippen molar-refractivity contribution in [3.63, 3.8) is 0 Å². The average molecular weight is 329 g/mol. The predicted molar refractivity (Wildman–Crippen MR) is 91.9 cm³/mol. The molecule has 0 aliphatic heterocycles. The van der Waals surface area contributed by atoms with Crippen molar-refractivity contribution in [3.05, 3.63) is 36.2 Å². The van der Waals surface area contributed by atoms with Crippen LogP contribution < -0.4 is 5.32 Å². The minimum atomic E-state index is -0.169. The molecule has 0 atom stereocenters. The summed E-state index contributed by atoms with van der Waals surface area (Å²) in [5, 5.41) is 12.0. The highest BCUT2D eigenvalue weighted by molar-refractivity contribution is 5.90. The molecule has 1 fully saturated rings. The molecule has 6 heteroatoms. The van der Waals surface area contributed by atoms with Gasteiger partial charge in [0.1, 0.15) is 5.76 Å². The summed E-state index contributed by atoms with van der Waals surface area (Å²) >= 11 is 0. The third-order valence-electron chi connectivity index (χ3n) is 4.07. The van der Waals surface area contributed by atoms with E-state index in [2.05, 4.69) is 24.1 Å². The molecule has 1 heterocycles. The zero-order valence-electron chi connectivity index (χ0n) is 14.0. The molecule has 128 valence electrons. The SMILES string of the molecule is CC(C)c1cnc(-c2ccc(NC(=O)N(CCO)C3CC3)cc2)o1. The maximum Gasteiger partial charge on any atom is 0.322 e. The van der Waals surface area contributed by atoms with Crippen LogP contribution in [0.15, 0.2) is 34.9 Å². The number of carbonyl (C=O) groups excluding carboxylic acids is 1. The van der Waals surface area contributed by atoms with Crippen molar-refractivity contribution in [2.24, 2.45) is 0 Å². The Morgan fingerprint density at radius 1 is 1.38 bits per heavy atom. The van der Waals surface area contributed by atoms with E-state index in [9.17, 15) is 4.79 Å². The molecule has 6 nitrogen and oxygen atoms in total. The second-order valence-corrected chi connectivity index (χ2v) is 6.38. The fraction of sp³-hybridized carbons (Fsp3) is 0.444. The maximum atomic E-state index is 12.3. The molecule has 1 saturated carbocycles. The van der Waals surface area contributed by atoms with E-state index in [-0.39, 0.29) is 18.7 Å². The summed E-state index contributed by atoms with van der Waals surface area (Å²) < 4.78 is 5.73. The third kappa shape index (κ3) is 3.76. The number of benzene rings is 1. The zero-order valence-corrected chi connectivity index (χ0v) is 14.0. The van der Waals surface area contributed by atoms with Gasteiger partial charge in [0.05, 0.1) is 12.8 Å². The summed E-state index contributed by atoms with van der Waals surface area (Å²) in [4.78, 5) is 18.3. The van der Waals surface area contributed by atoms with Gasteiger partial charge in [0, 0.05) is 29.8 Å². The van der Waals surface area contributed by atoms with Gasteiger partial charge < -0.3 is 19.7 Å². The summed E-state index contributed by atoms with van der Waals surface area (Å²) in [5.41, 5.74) is 1.58. The average Bonchev–Trinajstić information content (AvgIpc) is 3.28. The number of oxazole rings is 1. The van der Waals surface area contributed by atoms with E-state index in [1.807, 2.05) is 24.3 Å². The molecule has 24 heavy (non-hydrogen) atoms. The van der Waals surface area contributed by atoms with E-state index in [0.29, 0.717) is 24.0 Å². The van der Waals surface area contributed by atoms with E-state index in [1.54, 1.807) is 11.1 Å². The van der Waals surface area contributed by atoms with Crippen molar-refractivity contribution in [2.75, 3.05) is 18.5 Å². The van der Waals surface area contributed by atoms with Crippen LogP contribution in [0.25, 0.3) is 11.5 Å². The van der Waals surface area contributed by atoms with Crippen LogP contribution in [0, 0.1) is 0 Å². The Morgan fingerprint density at radius 3 is 2.62 bits per heavy atom. The molecule has 0 unspecified atom stereocenters. The Bertz CT molecular complexity index is 690. The lowest BCUT2D eigenvalue weighted by atomic mass is 10.2. The molecule has 1 aliphatic carbocycles. The second kappa shape index (κ2) is 7.05. The quantitative estimate of drug-likeness (QED) is 0.851. The summed E-state index contributed by atoms with van der Waals surface area (Å²) in [6.07, 6.45) is 3.77. The molecule has 2 aromatic rings. The predicted octanol–water partition coefficient (Wildman–Crippen LogP) is 3.45. The number of aromatic nitrogens is 1. The Hall–Kier alpha value is -2.34. The molecular weight excluding hydrogens is 306 g/mol. The fourth-order valence-corrected chi connectivity index (χ4v) is 2.52. The summed E-state index contributed by atoms with van der Waals surface area (Å²) in [5.74, 6) is 1.73. The highest BCUT2D eigenvalue weighted by Crippen LogP contribution is 2.28. The van der Waals surface area contributed by atoms with Gasteiger partial charge in [0.15, 0.2) is 0 Å². The number of anilines is 1. The van der Waals surface area contributed by atoms with Crippen molar-refractivity contribution >= 4 is 11.7 Å². The van der Waals surface area contributed by atoms with E-state index in [4.69, 9.17) is 9.52 Å². The lowest BCUT2D eigenvalue weighted by molar-refractivity contribution is 0.185. The second-order valence-electron chi connectivity index (χ2n) is 6.38. The normalized spacial score (nSPS) is 14.0. The first-order valence-corrected chi connectivity index (χ1v) is 8.33. The van der Waals surface area contributed by atoms with Crippen molar-refractivity contribution in [2.45, 2.75) is 38.6 Å². The van der Waals surface area contributed by atoms with Crippen molar-refractivity contribution in [3.8, 4) is 11.5 Å². The van der Waals surface area contributed by atoms with Crippen molar-refractivity contribution < 1.29 is 14.3 Å². The van der Waals surface area contributed by atoms with E-state index in [0.717, 1.165) is 24.2 Å². The van der Waals surface area contributed by atoms with Crippen LogP contribution in [-0.4, -0.2) is 40.2 Å². The minimum absolute atomic E-state index is 0.0226. The Morgan fingerprint density at radius 2 is 2.08 bits per heavy atom. The molecule has 0 radical (unpaired) electrons. The van der Waals surface area contributed by atoms with Crippen molar-refractivity contribution in [1.29, 1.82) is 0 Å². The third-order valence-corrected chi connectivity index (χ3v) is 4.07. The number of hydrogen-bond acceptors (Lipinski definition) is 4. The summed E-state index contributed by atoms with van der Waals surface area (Å²) in [7, 11) is 0. The number of nitrogens with zero attached hydrogens (tertiary/aromatic N) is 2. The molecule has 1 aromatic heterocycles. The number of amides is 2. The van der Waals surface area contributed by atoms with Gasteiger partial charge in [-0.1, -0.05) is 13.8 Å². The number of aliphatic hydroxyl groups is 1. The van der Waals surface area contributed by atoms with E-state index >= 15 is 0 Å². The van der Waals surface area contributed by atoms with Gasteiger partial charge in [-0.3, -0.25) is 0 Å². The number of rotatable bonds is 6. The molecule has 3 rings (SSSR count). The Balaban J connectivity index is 1.66. The monoisotopic (exact) mass is 329 g/mol. The topological polar surface area (TPSA) is 78.6 Å². The molecule has 2 N–H and O–H groups in total. The van der Waals surface area contributed by atoms with Crippen LogP contribution in [0.4, 0.5) is 10.5 Å². The fourth-order valence-electron chi connectivity index (χ4n) is 2.52. The molecule has 0 bridgehead atoms. The summed E-state index contributed by atoms with van der Waals surface area (Å²) in [6.45, 7) is 4.45. The first-order valence-electron chi connectivity index (χ1n) is 8.33. The number of hydrogen-bond donors (Lipinski definition) is 2. The zero-order chi connectivity index (χ0) is 17.1. The lowest BCUT2D eigenvalue weighted by Gasteiger charge is -2.21. The van der Waals surface area contributed by atoms with Crippen LogP contribution in [-0.2, 0) is 0 Å². The van der Waals surface area contributed by atoms with Gasteiger partial charge in [0.2, 0.25) is 5.89 Å². The van der Waals surface area contributed by atoms with Gasteiger partial charge in [0.25, 0.3) is 0 Å². The molecular formula is C18H23N3O3. The molecule has 0 spiro atoms. The number of nitrogens with one attached hydrogen (secondary N) is 1. The number of aliphatic hydroxyl groups excluding tert-OH is 1. The van der Waals surface area contributed by atoms with Crippen molar-refractivity contribution in [1.82, 2.24) is 9.88 Å². The largest absolute Gasteiger partial charge is 0.441 e. The Kier molecular flexibility index (Phi) is 4.85. The molecule has 2 amide bonds. The highest BCUT2D eigenvalue weighted by Gasteiger charge is 2.32. The maximum absolute atomic E-state index is 12.3. The van der Waals surface area contributed by atoms with Gasteiger partial charge in [-0.05, 0) is 37.1 Å². The van der Waals surface area contributed by atoms with Gasteiger partial charge >= 0.3 is 6.03 Å². The van der Waals surface area contributed by atoms with Crippen LogP contribution in [0.5, 0.6) is 0 Å².